The minimum absolute atomic E-state index is 0.0349. The Morgan fingerprint density at radius 3 is 2.81 bits per heavy atom. The maximum absolute atomic E-state index is 12.5. The lowest BCUT2D eigenvalue weighted by Gasteiger charge is -2.48. The fraction of sp³-hybridized carbons (Fsp3) is 0.353. The number of hydrogen-bond donors (Lipinski definition) is 2. The predicted molar refractivity (Wildman–Crippen MR) is 94.2 cm³/mol. The monoisotopic (exact) mass is 378 g/mol. The molecule has 0 radical (unpaired) electrons. The van der Waals surface area contributed by atoms with Crippen molar-refractivity contribution in [3.05, 3.63) is 35.5 Å². The Bertz CT molecular complexity index is 793. The smallest absolute Gasteiger partial charge is 0.352 e. The third-order valence-corrected chi connectivity index (χ3v) is 5.26. The van der Waals surface area contributed by atoms with E-state index in [1.165, 1.54) is 29.8 Å². The molecular weight excluding hydrogens is 360 g/mol. The van der Waals surface area contributed by atoms with Crippen LogP contribution in [0.25, 0.3) is 0 Å². The molecule has 1 aromatic carbocycles. The molecule has 2 heterocycles. The van der Waals surface area contributed by atoms with Gasteiger partial charge in [-0.3, -0.25) is 14.5 Å². The Kier molecular flexibility index (Phi) is 5.08. The quantitative estimate of drug-likeness (QED) is 0.714. The number of carbonyl (C=O) groups is 3. The Balaban J connectivity index is 1.73. The van der Waals surface area contributed by atoms with Crippen molar-refractivity contribution in [1.29, 1.82) is 0 Å². The van der Waals surface area contributed by atoms with E-state index in [0.717, 1.165) is 0 Å². The van der Waals surface area contributed by atoms with E-state index in [4.69, 9.17) is 9.47 Å². The second kappa shape index (κ2) is 7.28. The number of aliphatic carboxylic acids is 1. The highest BCUT2D eigenvalue weighted by Crippen LogP contribution is 2.37. The van der Waals surface area contributed by atoms with Gasteiger partial charge in [-0.2, -0.15) is 0 Å². The number of nitrogens with zero attached hydrogens (tertiary/aromatic N) is 1. The van der Waals surface area contributed by atoms with Crippen LogP contribution in [-0.4, -0.2) is 58.7 Å². The Hall–Kier alpha value is -2.68. The number of hydrogen-bond acceptors (Lipinski definition) is 6. The predicted octanol–water partition coefficient (Wildman–Crippen LogP) is 1.08. The zero-order valence-corrected chi connectivity index (χ0v) is 15.0. The van der Waals surface area contributed by atoms with Crippen LogP contribution in [0.3, 0.4) is 0 Å². The van der Waals surface area contributed by atoms with E-state index in [1.54, 1.807) is 18.2 Å². The van der Waals surface area contributed by atoms with E-state index in [-0.39, 0.29) is 5.70 Å². The molecule has 1 saturated heterocycles. The van der Waals surface area contributed by atoms with Gasteiger partial charge in [0.25, 0.3) is 11.8 Å². The molecule has 1 aromatic rings. The van der Waals surface area contributed by atoms with Gasteiger partial charge in [-0.1, -0.05) is 0 Å². The molecule has 0 bridgehead atoms. The van der Waals surface area contributed by atoms with Crippen LogP contribution in [-0.2, 0) is 9.59 Å². The van der Waals surface area contributed by atoms with Crippen molar-refractivity contribution in [3.8, 4) is 11.5 Å². The number of ether oxygens (including phenoxy) is 2. The molecule has 2 N–H and O–H groups in total. The molecular formula is C17H18N2O6S. The standard InChI is InChI=1S/C17H18N2O6S/c1-3-25-12-8-9(4-5-11(12)24-2)14(20)18-13-15(21)19-10(17(22)23)6-7-26-16(13)19/h4-6,8,13,16H,3,7H2,1-2H3,(H,18,20)(H,22,23)/t13?,16-/m0/s1. The lowest BCUT2D eigenvalue weighted by Crippen LogP contribution is -2.70. The summed E-state index contributed by atoms with van der Waals surface area (Å²) < 4.78 is 10.6. The molecule has 0 aliphatic carbocycles. The van der Waals surface area contributed by atoms with Crippen molar-refractivity contribution in [2.24, 2.45) is 0 Å². The molecule has 2 aliphatic rings. The number of fused-ring (bicyclic) bond motifs is 1. The van der Waals surface area contributed by atoms with E-state index < -0.39 is 29.2 Å². The lowest BCUT2D eigenvalue weighted by atomic mass is 10.0. The third kappa shape index (κ3) is 3.10. The number of thioether (sulfide) groups is 1. The van der Waals surface area contributed by atoms with Gasteiger partial charge in [-0.15, -0.1) is 11.8 Å². The lowest BCUT2D eigenvalue weighted by molar-refractivity contribution is -0.148. The van der Waals surface area contributed by atoms with Crippen LogP contribution in [0.5, 0.6) is 11.5 Å². The SMILES string of the molecule is CCOc1cc(C(=O)NC2C(=O)N3C(C(=O)O)=CCS[C@@H]23)ccc1OC. The van der Waals surface area contributed by atoms with Crippen LogP contribution in [0.15, 0.2) is 30.0 Å². The highest BCUT2D eigenvalue weighted by Gasteiger charge is 2.52. The summed E-state index contributed by atoms with van der Waals surface area (Å²) in [5, 5.41) is 11.4. The maximum atomic E-state index is 12.5. The number of amides is 2. The van der Waals surface area contributed by atoms with Crippen molar-refractivity contribution < 1.29 is 29.0 Å². The summed E-state index contributed by atoms with van der Waals surface area (Å²) in [7, 11) is 1.51. The molecule has 2 atom stereocenters. The zero-order chi connectivity index (χ0) is 18.8. The fourth-order valence-corrected chi connectivity index (χ4v) is 4.04. The molecule has 1 fully saturated rings. The molecule has 8 nitrogen and oxygen atoms in total. The molecule has 138 valence electrons. The van der Waals surface area contributed by atoms with Crippen molar-refractivity contribution in [2.45, 2.75) is 18.3 Å². The Morgan fingerprint density at radius 1 is 1.38 bits per heavy atom. The number of rotatable bonds is 6. The summed E-state index contributed by atoms with van der Waals surface area (Å²) in [6.45, 7) is 2.24. The summed E-state index contributed by atoms with van der Waals surface area (Å²) in [6.07, 6.45) is 1.50. The average molecular weight is 378 g/mol. The maximum Gasteiger partial charge on any atom is 0.352 e. The number of β-lactam (4-membered cyclic amide) rings is 1. The van der Waals surface area contributed by atoms with Crippen LogP contribution < -0.4 is 14.8 Å². The van der Waals surface area contributed by atoms with Gasteiger partial charge in [0.2, 0.25) is 0 Å². The minimum Gasteiger partial charge on any atom is -0.493 e. The second-order valence-electron chi connectivity index (χ2n) is 5.58. The molecule has 3 rings (SSSR count). The van der Waals surface area contributed by atoms with Gasteiger partial charge in [0.15, 0.2) is 11.5 Å². The van der Waals surface area contributed by atoms with Crippen LogP contribution in [0, 0.1) is 0 Å². The molecule has 9 heteroatoms. The fourth-order valence-electron chi connectivity index (χ4n) is 2.85. The largest absolute Gasteiger partial charge is 0.493 e. The van der Waals surface area contributed by atoms with E-state index in [9.17, 15) is 19.5 Å². The van der Waals surface area contributed by atoms with Crippen molar-refractivity contribution >= 4 is 29.5 Å². The number of carboxylic acids is 1. The van der Waals surface area contributed by atoms with Gasteiger partial charge < -0.3 is 19.9 Å². The molecule has 2 amide bonds. The van der Waals surface area contributed by atoms with E-state index >= 15 is 0 Å². The molecule has 26 heavy (non-hydrogen) atoms. The first-order valence-corrected chi connectivity index (χ1v) is 9.02. The average Bonchev–Trinajstić information content (AvgIpc) is 2.65. The van der Waals surface area contributed by atoms with Gasteiger partial charge in [-0.05, 0) is 31.2 Å². The van der Waals surface area contributed by atoms with E-state index in [2.05, 4.69) is 5.32 Å². The molecule has 0 aromatic heterocycles. The van der Waals surface area contributed by atoms with Gasteiger partial charge in [0.1, 0.15) is 17.1 Å². The number of carboxylic acid groups (broad SMARTS) is 1. The van der Waals surface area contributed by atoms with Gasteiger partial charge in [0, 0.05) is 11.3 Å². The zero-order valence-electron chi connectivity index (χ0n) is 14.2. The molecule has 2 aliphatic heterocycles. The van der Waals surface area contributed by atoms with Crippen LogP contribution in [0.2, 0.25) is 0 Å². The van der Waals surface area contributed by atoms with Gasteiger partial charge in [0.05, 0.1) is 13.7 Å². The number of carbonyl (C=O) groups excluding carboxylic acids is 2. The van der Waals surface area contributed by atoms with Crippen LogP contribution in [0.4, 0.5) is 0 Å². The van der Waals surface area contributed by atoms with Gasteiger partial charge in [-0.25, -0.2) is 4.79 Å². The minimum atomic E-state index is -1.15. The Morgan fingerprint density at radius 2 is 2.15 bits per heavy atom. The van der Waals surface area contributed by atoms with Crippen LogP contribution in [0.1, 0.15) is 17.3 Å². The molecule has 0 spiro atoms. The van der Waals surface area contributed by atoms with Crippen molar-refractivity contribution in [2.75, 3.05) is 19.5 Å². The number of benzene rings is 1. The number of methoxy groups -OCH3 is 1. The summed E-state index contributed by atoms with van der Waals surface area (Å²) >= 11 is 1.41. The summed E-state index contributed by atoms with van der Waals surface area (Å²) in [4.78, 5) is 37.2. The highest BCUT2D eigenvalue weighted by atomic mass is 32.2. The van der Waals surface area contributed by atoms with Gasteiger partial charge >= 0.3 is 5.97 Å². The first-order chi connectivity index (χ1) is 12.5. The molecule has 1 unspecified atom stereocenters. The summed E-state index contributed by atoms with van der Waals surface area (Å²) in [5.41, 5.74) is 0.294. The normalized spacial score (nSPS) is 21.2. The first-order valence-electron chi connectivity index (χ1n) is 7.97. The molecule has 0 saturated carbocycles. The third-order valence-electron chi connectivity index (χ3n) is 4.08. The second-order valence-corrected chi connectivity index (χ2v) is 6.73. The first kappa shape index (κ1) is 18.1. The van der Waals surface area contributed by atoms with Crippen molar-refractivity contribution in [1.82, 2.24) is 10.2 Å². The van der Waals surface area contributed by atoms with Crippen molar-refractivity contribution in [3.63, 3.8) is 0 Å². The van der Waals surface area contributed by atoms with Crippen LogP contribution >= 0.6 is 11.8 Å². The highest BCUT2D eigenvalue weighted by molar-refractivity contribution is 8.00. The van der Waals surface area contributed by atoms with E-state index in [1.807, 2.05) is 6.92 Å². The topological polar surface area (TPSA) is 105 Å². The summed E-state index contributed by atoms with van der Waals surface area (Å²) in [6, 6.07) is 3.99. The summed E-state index contributed by atoms with van der Waals surface area (Å²) in [5.74, 6) is -0.591. The Labute approximate surface area is 154 Å². The number of nitrogens with one attached hydrogen (secondary N) is 1. The van der Waals surface area contributed by atoms with E-state index in [0.29, 0.717) is 29.4 Å².